The van der Waals surface area contributed by atoms with Crippen LogP contribution in [0.5, 0.6) is 5.88 Å². The fourth-order valence-corrected chi connectivity index (χ4v) is 3.60. The number of aryl methyl sites for hydroxylation is 1. The Morgan fingerprint density at radius 3 is 2.77 bits per heavy atom. The molecule has 9 nitrogen and oxygen atoms in total. The Kier molecular flexibility index (Phi) is 4.77. The van der Waals surface area contributed by atoms with Crippen molar-refractivity contribution in [3.63, 3.8) is 0 Å². The van der Waals surface area contributed by atoms with E-state index in [1.54, 1.807) is 30.7 Å². The number of ether oxygens (including phenoxy) is 1. The predicted molar refractivity (Wildman–Crippen MR) is 113 cm³/mol. The van der Waals surface area contributed by atoms with Gasteiger partial charge in [0.05, 0.1) is 0 Å². The highest BCUT2D eigenvalue weighted by Gasteiger charge is 2.19. The molecule has 1 aliphatic rings. The van der Waals surface area contributed by atoms with E-state index in [4.69, 9.17) is 4.74 Å². The van der Waals surface area contributed by atoms with Gasteiger partial charge in [-0.25, -0.2) is 9.97 Å². The highest BCUT2D eigenvalue weighted by molar-refractivity contribution is 7.14. The van der Waals surface area contributed by atoms with Gasteiger partial charge in [-0.15, -0.1) is 10.2 Å². The third-order valence-corrected chi connectivity index (χ3v) is 5.48. The number of amides is 1. The van der Waals surface area contributed by atoms with Crippen LogP contribution in [0.2, 0.25) is 0 Å². The number of nitrogens with one attached hydrogen (secondary N) is 2. The van der Waals surface area contributed by atoms with Crippen LogP contribution in [0.25, 0.3) is 21.5 Å². The van der Waals surface area contributed by atoms with Crippen LogP contribution in [-0.4, -0.2) is 50.2 Å². The Labute approximate surface area is 175 Å². The highest BCUT2D eigenvalue weighted by Crippen LogP contribution is 2.25. The topological polar surface area (TPSA) is 115 Å². The molecule has 0 radical (unpaired) electrons. The molecule has 0 aromatic carbocycles. The van der Waals surface area contributed by atoms with Crippen molar-refractivity contribution in [2.45, 2.75) is 13.0 Å². The van der Waals surface area contributed by atoms with E-state index in [1.807, 2.05) is 19.1 Å². The first kappa shape index (κ1) is 18.5. The summed E-state index contributed by atoms with van der Waals surface area (Å²) < 4.78 is 5.72. The summed E-state index contributed by atoms with van der Waals surface area (Å²) in [5.74, 6) is 0.596. The number of fused-ring (bicyclic) bond motifs is 1. The first-order valence-electron chi connectivity index (χ1n) is 9.35. The molecule has 1 aliphatic heterocycles. The van der Waals surface area contributed by atoms with E-state index in [2.05, 4.69) is 35.8 Å². The molecule has 30 heavy (non-hydrogen) atoms. The summed E-state index contributed by atoms with van der Waals surface area (Å²) in [5, 5.41) is 17.5. The van der Waals surface area contributed by atoms with Crippen LogP contribution in [0, 0.1) is 6.92 Å². The summed E-state index contributed by atoms with van der Waals surface area (Å²) in [6.45, 7) is 3.47. The van der Waals surface area contributed by atoms with Crippen molar-refractivity contribution in [3.8, 4) is 16.6 Å². The van der Waals surface area contributed by atoms with Crippen molar-refractivity contribution in [2.24, 2.45) is 0 Å². The van der Waals surface area contributed by atoms with E-state index in [1.165, 1.54) is 11.3 Å². The Morgan fingerprint density at radius 1 is 1.13 bits per heavy atom. The normalized spacial score (nSPS) is 13.8. The molecule has 5 rings (SSSR count). The lowest BCUT2D eigenvalue weighted by Gasteiger charge is -2.27. The molecular weight excluding hydrogens is 402 g/mol. The van der Waals surface area contributed by atoms with Crippen molar-refractivity contribution in [2.75, 3.05) is 18.4 Å². The molecule has 1 saturated heterocycles. The number of carbonyl (C=O) groups is 1. The first-order valence-corrected chi connectivity index (χ1v) is 10.2. The van der Waals surface area contributed by atoms with Gasteiger partial charge in [-0.1, -0.05) is 11.3 Å². The number of carbonyl (C=O) groups excluding carboxylic acids is 1. The Morgan fingerprint density at radius 2 is 2.00 bits per heavy atom. The van der Waals surface area contributed by atoms with Gasteiger partial charge in [0.1, 0.15) is 22.6 Å². The molecule has 150 valence electrons. The molecule has 5 heterocycles. The predicted octanol–water partition coefficient (Wildman–Crippen LogP) is 2.45. The lowest BCUT2D eigenvalue weighted by Crippen LogP contribution is -2.50. The summed E-state index contributed by atoms with van der Waals surface area (Å²) in [7, 11) is 0. The van der Waals surface area contributed by atoms with Gasteiger partial charge in [-0.3, -0.25) is 9.78 Å². The number of anilines is 1. The summed E-state index contributed by atoms with van der Waals surface area (Å²) in [6.07, 6.45) is 5.07. The maximum atomic E-state index is 12.7. The molecule has 0 atom stereocenters. The average Bonchev–Trinajstić information content (AvgIpc) is 3.17. The fraction of sp³-hybridized carbons (Fsp3) is 0.200. The van der Waals surface area contributed by atoms with Gasteiger partial charge in [-0.2, -0.15) is 0 Å². The van der Waals surface area contributed by atoms with E-state index in [-0.39, 0.29) is 12.0 Å². The minimum Gasteiger partial charge on any atom is -0.472 e. The Bertz CT molecular complexity index is 1240. The van der Waals surface area contributed by atoms with Crippen LogP contribution in [-0.2, 0) is 0 Å². The Hall–Kier alpha value is -3.50. The molecule has 0 spiro atoms. The van der Waals surface area contributed by atoms with E-state index < -0.39 is 0 Å². The number of rotatable bonds is 5. The molecule has 2 N–H and O–H groups in total. The smallest absolute Gasteiger partial charge is 0.257 e. The molecule has 1 fully saturated rings. The van der Waals surface area contributed by atoms with Crippen LogP contribution in [0.3, 0.4) is 0 Å². The quantitative estimate of drug-likeness (QED) is 0.507. The molecule has 10 heteroatoms. The van der Waals surface area contributed by atoms with Gasteiger partial charge in [0.2, 0.25) is 5.88 Å². The molecule has 1 amide bonds. The maximum absolute atomic E-state index is 12.7. The van der Waals surface area contributed by atoms with Gasteiger partial charge < -0.3 is 15.4 Å². The summed E-state index contributed by atoms with van der Waals surface area (Å²) in [5.41, 5.74) is 1.19. The van der Waals surface area contributed by atoms with Crippen LogP contribution in [0.1, 0.15) is 15.4 Å². The van der Waals surface area contributed by atoms with Gasteiger partial charge in [-0.05, 0) is 30.5 Å². The molecule has 0 bridgehead atoms. The number of pyridine rings is 3. The van der Waals surface area contributed by atoms with Gasteiger partial charge in [0.15, 0.2) is 5.01 Å². The third kappa shape index (κ3) is 3.82. The zero-order chi connectivity index (χ0) is 20.5. The maximum Gasteiger partial charge on any atom is 0.257 e. The van der Waals surface area contributed by atoms with Gasteiger partial charge in [0.25, 0.3) is 5.91 Å². The van der Waals surface area contributed by atoms with Gasteiger partial charge >= 0.3 is 0 Å². The lowest BCUT2D eigenvalue weighted by molar-refractivity contribution is 0.102. The van der Waals surface area contributed by atoms with E-state index in [0.717, 1.165) is 39.6 Å². The first-order chi connectivity index (χ1) is 14.6. The van der Waals surface area contributed by atoms with E-state index >= 15 is 0 Å². The molecule has 4 aromatic heterocycles. The molecule has 4 aromatic rings. The zero-order valence-electron chi connectivity index (χ0n) is 16.0. The Balaban J connectivity index is 1.36. The zero-order valence-corrected chi connectivity index (χ0v) is 16.8. The number of hydrogen-bond donors (Lipinski definition) is 2. The van der Waals surface area contributed by atoms with Crippen LogP contribution in [0.15, 0.2) is 42.9 Å². The summed E-state index contributed by atoms with van der Waals surface area (Å²) in [4.78, 5) is 25.6. The van der Waals surface area contributed by atoms with Crippen LogP contribution < -0.4 is 15.4 Å². The number of aromatic nitrogens is 5. The highest BCUT2D eigenvalue weighted by atomic mass is 32.1. The van der Waals surface area contributed by atoms with Crippen molar-refractivity contribution >= 4 is 33.8 Å². The van der Waals surface area contributed by atoms with Crippen LogP contribution in [0.4, 0.5) is 5.82 Å². The average molecular weight is 419 g/mol. The van der Waals surface area contributed by atoms with Crippen LogP contribution >= 0.6 is 11.3 Å². The standard InChI is InChI=1S/C20H17N7O2S/c1-11-26-27-20(30-11)16-4-13-5-17(24-8-14(13)7-23-16)25-19(28)12-2-3-22-18(6-12)29-15-9-21-10-15/h2-8,15,21H,9-10H2,1H3,(H,24,25,28). The van der Waals surface area contributed by atoms with Crippen molar-refractivity contribution in [1.29, 1.82) is 0 Å². The molecule has 0 saturated carbocycles. The monoisotopic (exact) mass is 419 g/mol. The minimum atomic E-state index is -0.283. The lowest BCUT2D eigenvalue weighted by atomic mass is 10.2. The second-order valence-corrected chi connectivity index (χ2v) is 8.03. The third-order valence-electron chi connectivity index (χ3n) is 4.62. The summed E-state index contributed by atoms with van der Waals surface area (Å²) >= 11 is 1.48. The fourth-order valence-electron chi connectivity index (χ4n) is 2.94. The molecule has 0 aliphatic carbocycles. The number of nitrogens with zero attached hydrogens (tertiary/aromatic N) is 5. The SMILES string of the molecule is Cc1nnc(-c2cc3cc(NC(=O)c4ccnc(OC5CNC5)c4)ncc3cn2)s1. The van der Waals surface area contributed by atoms with Crippen molar-refractivity contribution < 1.29 is 9.53 Å². The largest absolute Gasteiger partial charge is 0.472 e. The van der Waals surface area contributed by atoms with E-state index in [9.17, 15) is 4.79 Å². The second-order valence-electron chi connectivity index (χ2n) is 6.85. The second kappa shape index (κ2) is 7.73. The van der Waals surface area contributed by atoms with Crippen molar-refractivity contribution in [3.05, 3.63) is 53.4 Å². The van der Waals surface area contributed by atoms with E-state index in [0.29, 0.717) is 17.3 Å². The molecule has 0 unspecified atom stereocenters. The summed E-state index contributed by atoms with van der Waals surface area (Å²) in [6, 6.07) is 7.00. The van der Waals surface area contributed by atoms with Gasteiger partial charge in [0, 0.05) is 48.7 Å². The molecular formula is C20H17N7O2S. The number of hydrogen-bond acceptors (Lipinski definition) is 9. The van der Waals surface area contributed by atoms with Crippen molar-refractivity contribution in [1.82, 2.24) is 30.5 Å². The minimum absolute atomic E-state index is 0.0950.